The van der Waals surface area contributed by atoms with Crippen LogP contribution in [0.25, 0.3) is 22.2 Å². The van der Waals surface area contributed by atoms with Crippen molar-refractivity contribution in [3.63, 3.8) is 0 Å². The topological polar surface area (TPSA) is 101 Å². The lowest BCUT2D eigenvalue weighted by atomic mass is 10.1. The van der Waals surface area contributed by atoms with E-state index in [-0.39, 0.29) is 5.91 Å². The highest BCUT2D eigenvalue weighted by Crippen LogP contribution is 2.34. The van der Waals surface area contributed by atoms with E-state index in [1.54, 1.807) is 30.5 Å². The number of para-hydroxylation sites is 1. The van der Waals surface area contributed by atoms with E-state index in [9.17, 15) is 4.79 Å². The molecule has 170 valence electrons. The van der Waals surface area contributed by atoms with Crippen LogP contribution in [-0.2, 0) is 18.4 Å². The van der Waals surface area contributed by atoms with E-state index in [0.29, 0.717) is 30.3 Å². The van der Waals surface area contributed by atoms with Gasteiger partial charge in [0, 0.05) is 48.0 Å². The molecule has 33 heavy (non-hydrogen) atoms. The highest BCUT2D eigenvalue weighted by molar-refractivity contribution is 5.99. The number of nitrogens with two attached hydrogens (primary N) is 1. The van der Waals surface area contributed by atoms with Crippen molar-refractivity contribution in [1.82, 2.24) is 19.7 Å². The van der Waals surface area contributed by atoms with Gasteiger partial charge in [0.15, 0.2) is 0 Å². The minimum absolute atomic E-state index is 0.204. The van der Waals surface area contributed by atoms with Crippen molar-refractivity contribution in [1.29, 1.82) is 0 Å². The molecule has 0 unspecified atom stereocenters. The van der Waals surface area contributed by atoms with Gasteiger partial charge in [0.1, 0.15) is 12.4 Å². The normalized spacial score (nSPS) is 11.5. The molecule has 0 radical (unpaired) electrons. The van der Waals surface area contributed by atoms with Gasteiger partial charge in [-0.2, -0.15) is 5.10 Å². The number of carbonyl (C=O) groups is 1. The Balaban J connectivity index is 1.52. The lowest BCUT2D eigenvalue weighted by Gasteiger charge is -2.13. The molecule has 0 spiro atoms. The maximum atomic E-state index is 12.1. The summed E-state index contributed by atoms with van der Waals surface area (Å²) >= 11 is 0. The Morgan fingerprint density at radius 1 is 1.24 bits per heavy atom. The van der Waals surface area contributed by atoms with Gasteiger partial charge < -0.3 is 25.3 Å². The third kappa shape index (κ3) is 4.91. The minimum Gasteiger partial charge on any atom is -0.485 e. The molecule has 0 saturated carbocycles. The predicted molar refractivity (Wildman–Crippen MR) is 132 cm³/mol. The molecule has 2 aromatic carbocycles. The molecule has 2 aromatic heterocycles. The predicted octanol–water partition coefficient (Wildman–Crippen LogP) is 3.79. The molecule has 0 aliphatic carbocycles. The number of fused-ring (bicyclic) bond motifs is 1. The number of nitrogen functional groups attached to an aromatic ring is 1. The zero-order valence-electron chi connectivity index (χ0n) is 19.0. The number of aromatic amines is 1. The number of ether oxygens (including phenoxy) is 1. The zero-order chi connectivity index (χ0) is 23.4. The third-order valence-electron chi connectivity index (χ3n) is 5.38. The van der Waals surface area contributed by atoms with Crippen LogP contribution in [0.15, 0.2) is 66.9 Å². The number of H-pyrrole nitrogens is 1. The van der Waals surface area contributed by atoms with Gasteiger partial charge in [-0.1, -0.05) is 24.3 Å². The Kier molecular flexibility index (Phi) is 6.46. The van der Waals surface area contributed by atoms with Crippen molar-refractivity contribution < 1.29 is 9.53 Å². The summed E-state index contributed by atoms with van der Waals surface area (Å²) in [6.07, 6.45) is 5.05. The number of rotatable bonds is 8. The largest absolute Gasteiger partial charge is 0.485 e. The van der Waals surface area contributed by atoms with E-state index in [2.05, 4.69) is 32.2 Å². The summed E-state index contributed by atoms with van der Waals surface area (Å²) < 4.78 is 8.23. The van der Waals surface area contributed by atoms with Gasteiger partial charge in [-0.15, -0.1) is 0 Å². The van der Waals surface area contributed by atoms with Gasteiger partial charge in [-0.05, 0) is 44.4 Å². The van der Waals surface area contributed by atoms with Crippen molar-refractivity contribution in [2.45, 2.75) is 6.61 Å². The number of carbonyl (C=O) groups excluding carboxylic acids is 1. The standard InChI is InChI=1S/C25H28N6O2/c1-30(2)14-6-9-24(32)28-17-10-11-23(19(26)15-17)33-16-22-25(20-12-13-27-29-20)18-7-4-5-8-21(18)31(22)3/h4-13,15H,14,16,26H2,1-3H3,(H,27,29)(H,28,32)/b9-6+. The van der Waals surface area contributed by atoms with Crippen LogP contribution in [0.1, 0.15) is 5.69 Å². The first-order valence-corrected chi connectivity index (χ1v) is 10.6. The fourth-order valence-corrected chi connectivity index (χ4v) is 3.77. The number of likely N-dealkylation sites (N-methyl/N-ethyl adjacent to an activating group) is 1. The van der Waals surface area contributed by atoms with Crippen molar-refractivity contribution in [3.05, 3.63) is 72.6 Å². The highest BCUT2D eigenvalue weighted by Gasteiger charge is 2.18. The number of aromatic nitrogens is 3. The van der Waals surface area contributed by atoms with E-state index in [0.717, 1.165) is 27.9 Å². The smallest absolute Gasteiger partial charge is 0.248 e. The SMILES string of the molecule is CN(C)C/C=C/C(=O)Nc1ccc(OCc2c(-c3ccn[nH]3)c3ccccc3n2C)c(N)c1. The third-order valence-corrected chi connectivity index (χ3v) is 5.38. The summed E-state index contributed by atoms with van der Waals surface area (Å²) in [6.45, 7) is 1.01. The molecule has 8 nitrogen and oxygen atoms in total. The van der Waals surface area contributed by atoms with E-state index >= 15 is 0 Å². The Morgan fingerprint density at radius 2 is 2.06 bits per heavy atom. The summed E-state index contributed by atoms with van der Waals surface area (Å²) in [6, 6.07) is 15.4. The summed E-state index contributed by atoms with van der Waals surface area (Å²) in [7, 11) is 5.90. The number of anilines is 2. The van der Waals surface area contributed by atoms with Crippen LogP contribution in [0.5, 0.6) is 5.75 Å². The van der Waals surface area contributed by atoms with E-state index in [4.69, 9.17) is 10.5 Å². The molecule has 0 atom stereocenters. The van der Waals surface area contributed by atoms with Crippen molar-refractivity contribution in [3.8, 4) is 17.0 Å². The first-order chi connectivity index (χ1) is 15.9. The quantitative estimate of drug-likeness (QED) is 0.284. The maximum Gasteiger partial charge on any atom is 0.248 e. The van der Waals surface area contributed by atoms with Crippen LogP contribution >= 0.6 is 0 Å². The second kappa shape index (κ2) is 9.62. The molecular formula is C25H28N6O2. The highest BCUT2D eigenvalue weighted by atomic mass is 16.5. The summed E-state index contributed by atoms with van der Waals surface area (Å²) in [5.41, 5.74) is 11.4. The van der Waals surface area contributed by atoms with Crippen LogP contribution < -0.4 is 15.8 Å². The van der Waals surface area contributed by atoms with E-state index in [1.807, 2.05) is 44.2 Å². The van der Waals surface area contributed by atoms with Gasteiger partial charge in [0.25, 0.3) is 0 Å². The summed E-state index contributed by atoms with van der Waals surface area (Å²) in [4.78, 5) is 14.0. The molecule has 1 amide bonds. The summed E-state index contributed by atoms with van der Waals surface area (Å²) in [5, 5.41) is 11.1. The van der Waals surface area contributed by atoms with Crippen molar-refractivity contribution in [2.24, 2.45) is 7.05 Å². The average Bonchev–Trinajstić information content (AvgIpc) is 3.40. The average molecular weight is 445 g/mol. The molecule has 0 fully saturated rings. The number of benzene rings is 2. The number of aryl methyl sites for hydroxylation is 1. The molecule has 0 aliphatic heterocycles. The van der Waals surface area contributed by atoms with Gasteiger partial charge in [0.05, 0.1) is 17.1 Å². The number of hydrogen-bond donors (Lipinski definition) is 3. The number of nitrogens with zero attached hydrogens (tertiary/aromatic N) is 3. The molecular weight excluding hydrogens is 416 g/mol. The van der Waals surface area contributed by atoms with Crippen molar-refractivity contribution >= 4 is 28.2 Å². The van der Waals surface area contributed by atoms with Gasteiger partial charge >= 0.3 is 0 Å². The fraction of sp³-hybridized carbons (Fsp3) is 0.200. The van der Waals surface area contributed by atoms with Crippen LogP contribution in [0.2, 0.25) is 0 Å². The van der Waals surface area contributed by atoms with Gasteiger partial charge in [-0.25, -0.2) is 0 Å². The monoisotopic (exact) mass is 444 g/mol. The second-order valence-corrected chi connectivity index (χ2v) is 8.06. The van der Waals surface area contributed by atoms with Gasteiger partial charge in [-0.3, -0.25) is 9.89 Å². The first kappa shape index (κ1) is 22.2. The Labute approximate surface area is 192 Å². The molecule has 4 aromatic rings. The molecule has 8 heteroatoms. The number of nitrogens with one attached hydrogen (secondary N) is 2. The minimum atomic E-state index is -0.204. The van der Waals surface area contributed by atoms with Crippen LogP contribution in [0.3, 0.4) is 0 Å². The van der Waals surface area contributed by atoms with Crippen LogP contribution in [0.4, 0.5) is 11.4 Å². The Morgan fingerprint density at radius 3 is 2.79 bits per heavy atom. The molecule has 2 heterocycles. The van der Waals surface area contributed by atoms with Gasteiger partial charge in [0.2, 0.25) is 5.91 Å². The lowest BCUT2D eigenvalue weighted by molar-refractivity contribution is -0.111. The molecule has 4 N–H and O–H groups in total. The van der Waals surface area contributed by atoms with Crippen molar-refractivity contribution in [2.75, 3.05) is 31.7 Å². The second-order valence-electron chi connectivity index (χ2n) is 8.06. The lowest BCUT2D eigenvalue weighted by Crippen LogP contribution is -2.13. The maximum absolute atomic E-state index is 12.1. The number of hydrogen-bond acceptors (Lipinski definition) is 5. The van der Waals surface area contributed by atoms with Crippen LogP contribution in [-0.4, -0.2) is 46.2 Å². The van der Waals surface area contributed by atoms with Crippen LogP contribution in [0, 0.1) is 0 Å². The Hall–Kier alpha value is -4.04. The molecule has 0 bridgehead atoms. The number of amides is 1. The first-order valence-electron chi connectivity index (χ1n) is 10.6. The fourth-order valence-electron chi connectivity index (χ4n) is 3.77. The van der Waals surface area contributed by atoms with E-state index < -0.39 is 0 Å². The van der Waals surface area contributed by atoms with E-state index in [1.165, 1.54) is 6.08 Å². The molecule has 4 rings (SSSR count). The molecule has 0 aliphatic rings. The zero-order valence-corrected chi connectivity index (χ0v) is 19.0. The Bertz CT molecular complexity index is 1290. The summed E-state index contributed by atoms with van der Waals surface area (Å²) in [5.74, 6) is 0.349. The molecule has 0 saturated heterocycles.